The molecule has 230 valence electrons. The number of nitriles is 3. The Morgan fingerprint density at radius 1 is 0.360 bits per heavy atom. The van der Waals surface area contributed by atoms with Crippen molar-refractivity contribution in [3.63, 3.8) is 0 Å². The lowest BCUT2D eigenvalue weighted by atomic mass is 9.89. The second kappa shape index (κ2) is 11.4. The number of hydrogen-bond acceptors (Lipinski definition) is 3. The summed E-state index contributed by atoms with van der Waals surface area (Å²) in [6.07, 6.45) is 0. The summed E-state index contributed by atoms with van der Waals surface area (Å²) >= 11 is 0. The molecule has 9 aromatic rings. The largest absolute Gasteiger partial charge is 0.309 e. The Bertz CT molecular complexity index is 2920. The molecule has 9 rings (SSSR count). The van der Waals surface area contributed by atoms with Crippen molar-refractivity contribution in [2.24, 2.45) is 0 Å². The average Bonchev–Trinajstić information content (AvgIpc) is 3.70. The molecule has 0 aliphatic heterocycles. The van der Waals surface area contributed by atoms with Crippen LogP contribution in [-0.2, 0) is 0 Å². The number of rotatable bonds is 4. The van der Waals surface area contributed by atoms with Crippen molar-refractivity contribution < 1.29 is 0 Å². The third-order valence-electron chi connectivity index (χ3n) is 9.64. The molecule has 0 fully saturated rings. The molecule has 0 saturated heterocycles. The Morgan fingerprint density at radius 3 is 1.58 bits per heavy atom. The maximum Gasteiger partial charge on any atom is 0.0998 e. The maximum absolute atomic E-state index is 10.6. The first kappa shape index (κ1) is 28.8. The molecule has 0 aliphatic carbocycles. The Morgan fingerprint density at radius 2 is 0.900 bits per heavy atom. The molecule has 0 radical (unpaired) electrons. The zero-order chi connectivity index (χ0) is 33.8. The summed E-state index contributed by atoms with van der Waals surface area (Å²) in [5.41, 5.74) is 11.0. The third kappa shape index (κ3) is 4.31. The summed E-state index contributed by atoms with van der Waals surface area (Å²) in [5, 5.41) is 34.7. The Hall–Kier alpha value is -7.39. The van der Waals surface area contributed by atoms with Crippen molar-refractivity contribution in [2.75, 3.05) is 0 Å². The molecular formula is C45H25N5. The summed E-state index contributed by atoms with van der Waals surface area (Å²) in [7, 11) is 0. The van der Waals surface area contributed by atoms with Gasteiger partial charge in [-0.1, -0.05) is 84.9 Å². The normalized spacial score (nSPS) is 11.1. The van der Waals surface area contributed by atoms with Crippen molar-refractivity contribution in [3.8, 4) is 51.8 Å². The SMILES string of the molecule is N#Cc1ccc(-c2ccccc2-n2c3ccccc3c3cc(C#N)ccc32)c(-c2ccc(-n3c4ccccc4c4ccccc43)cc2C#N)c1. The standard InChI is InChI=1S/C45H25N5/c46-26-29-17-20-34(35-9-1-7-15-43(35)50-44-16-8-4-12-38(44)40-24-30(27-47)18-22-45(40)50)39(23-29)33-21-19-32(25-31(33)28-48)49-41-13-5-2-10-36(41)37-11-3-6-14-42(37)49/h1-25H. The number of aromatic nitrogens is 2. The van der Waals surface area contributed by atoms with Crippen LogP contribution in [0.2, 0.25) is 0 Å². The topological polar surface area (TPSA) is 81.2 Å². The van der Waals surface area contributed by atoms with Gasteiger partial charge in [-0.15, -0.1) is 0 Å². The van der Waals surface area contributed by atoms with E-state index in [4.69, 9.17) is 0 Å². The van der Waals surface area contributed by atoms with Gasteiger partial charge in [0, 0.05) is 38.4 Å². The Kier molecular flexibility index (Phi) is 6.56. The number of nitrogens with zero attached hydrogens (tertiary/aromatic N) is 5. The molecule has 2 aromatic heterocycles. The highest BCUT2D eigenvalue weighted by atomic mass is 15.0. The van der Waals surface area contributed by atoms with Crippen LogP contribution in [0.15, 0.2) is 152 Å². The third-order valence-corrected chi connectivity index (χ3v) is 9.64. The van der Waals surface area contributed by atoms with Gasteiger partial charge in [0.15, 0.2) is 0 Å². The van der Waals surface area contributed by atoms with Gasteiger partial charge in [0.05, 0.1) is 62.7 Å². The molecule has 5 heteroatoms. The summed E-state index contributed by atoms with van der Waals surface area (Å²) in [6.45, 7) is 0. The second-order valence-corrected chi connectivity index (χ2v) is 12.3. The fraction of sp³-hybridized carbons (Fsp3) is 0. The minimum atomic E-state index is 0.512. The first-order chi connectivity index (χ1) is 24.7. The summed E-state index contributed by atoms with van der Waals surface area (Å²) < 4.78 is 4.44. The smallest absolute Gasteiger partial charge is 0.0998 e. The van der Waals surface area contributed by atoms with Crippen LogP contribution in [0.1, 0.15) is 16.7 Å². The molecule has 5 nitrogen and oxygen atoms in total. The highest BCUT2D eigenvalue weighted by Gasteiger charge is 2.20. The lowest BCUT2D eigenvalue weighted by molar-refractivity contribution is 1.18. The van der Waals surface area contributed by atoms with Crippen LogP contribution in [0.3, 0.4) is 0 Å². The first-order valence-electron chi connectivity index (χ1n) is 16.3. The van der Waals surface area contributed by atoms with Gasteiger partial charge in [-0.2, -0.15) is 15.8 Å². The molecule has 0 unspecified atom stereocenters. The minimum Gasteiger partial charge on any atom is -0.309 e. The van der Waals surface area contributed by atoms with Crippen LogP contribution in [0.4, 0.5) is 0 Å². The highest BCUT2D eigenvalue weighted by molar-refractivity contribution is 6.11. The van der Waals surface area contributed by atoms with Crippen molar-refractivity contribution in [1.29, 1.82) is 15.8 Å². The van der Waals surface area contributed by atoms with Gasteiger partial charge in [-0.05, 0) is 77.9 Å². The number of hydrogen-bond donors (Lipinski definition) is 0. The summed E-state index contributed by atoms with van der Waals surface area (Å²) in [4.78, 5) is 0. The minimum absolute atomic E-state index is 0.512. The van der Waals surface area contributed by atoms with Crippen LogP contribution < -0.4 is 0 Å². The van der Waals surface area contributed by atoms with E-state index in [1.807, 2.05) is 97.1 Å². The lowest BCUT2D eigenvalue weighted by Gasteiger charge is -2.18. The molecule has 0 atom stereocenters. The predicted octanol–water partition coefficient (Wildman–Crippen LogP) is 10.8. The zero-order valence-corrected chi connectivity index (χ0v) is 26.7. The lowest BCUT2D eigenvalue weighted by Crippen LogP contribution is -2.00. The van der Waals surface area contributed by atoms with E-state index in [1.54, 1.807) is 0 Å². The van der Waals surface area contributed by atoms with E-state index < -0.39 is 0 Å². The maximum atomic E-state index is 10.6. The first-order valence-corrected chi connectivity index (χ1v) is 16.3. The zero-order valence-electron chi connectivity index (χ0n) is 26.7. The fourth-order valence-corrected chi connectivity index (χ4v) is 7.47. The molecule has 0 aliphatic rings. The molecule has 0 amide bonds. The van der Waals surface area contributed by atoms with Crippen LogP contribution in [0, 0.1) is 34.0 Å². The fourth-order valence-electron chi connectivity index (χ4n) is 7.47. The average molecular weight is 636 g/mol. The van der Waals surface area contributed by atoms with E-state index in [0.717, 1.165) is 77.2 Å². The van der Waals surface area contributed by atoms with E-state index in [-0.39, 0.29) is 0 Å². The Balaban J connectivity index is 1.28. The number of benzene rings is 7. The van der Waals surface area contributed by atoms with Gasteiger partial charge < -0.3 is 9.13 Å². The van der Waals surface area contributed by atoms with Crippen LogP contribution >= 0.6 is 0 Å². The van der Waals surface area contributed by atoms with E-state index in [9.17, 15) is 15.8 Å². The van der Waals surface area contributed by atoms with E-state index in [2.05, 4.69) is 81.9 Å². The molecule has 2 heterocycles. The van der Waals surface area contributed by atoms with Gasteiger partial charge in [0.2, 0.25) is 0 Å². The van der Waals surface area contributed by atoms with Crippen molar-refractivity contribution in [1.82, 2.24) is 9.13 Å². The van der Waals surface area contributed by atoms with Crippen molar-refractivity contribution >= 4 is 43.6 Å². The number of para-hydroxylation sites is 4. The van der Waals surface area contributed by atoms with E-state index in [0.29, 0.717) is 16.7 Å². The molecule has 50 heavy (non-hydrogen) atoms. The number of fused-ring (bicyclic) bond motifs is 6. The summed E-state index contributed by atoms with van der Waals surface area (Å²) in [5.74, 6) is 0. The highest BCUT2D eigenvalue weighted by Crippen LogP contribution is 2.42. The van der Waals surface area contributed by atoms with Crippen LogP contribution in [0.25, 0.3) is 77.2 Å². The second-order valence-electron chi connectivity index (χ2n) is 12.3. The van der Waals surface area contributed by atoms with Crippen molar-refractivity contribution in [3.05, 3.63) is 168 Å². The molecule has 0 N–H and O–H groups in total. The molecule has 0 bridgehead atoms. The van der Waals surface area contributed by atoms with Gasteiger partial charge in [0.25, 0.3) is 0 Å². The van der Waals surface area contributed by atoms with Gasteiger partial charge >= 0.3 is 0 Å². The van der Waals surface area contributed by atoms with Gasteiger partial charge in [-0.3, -0.25) is 0 Å². The monoisotopic (exact) mass is 635 g/mol. The van der Waals surface area contributed by atoms with E-state index >= 15 is 0 Å². The molecule has 7 aromatic carbocycles. The van der Waals surface area contributed by atoms with Crippen LogP contribution in [-0.4, -0.2) is 9.13 Å². The van der Waals surface area contributed by atoms with E-state index in [1.165, 1.54) is 0 Å². The Labute approximate surface area is 287 Å². The summed E-state index contributed by atoms with van der Waals surface area (Å²) in [6, 6.07) is 57.7. The quantitative estimate of drug-likeness (QED) is 0.193. The molecular weight excluding hydrogens is 611 g/mol. The predicted molar refractivity (Wildman–Crippen MR) is 200 cm³/mol. The van der Waals surface area contributed by atoms with Gasteiger partial charge in [-0.25, -0.2) is 0 Å². The molecule has 0 spiro atoms. The van der Waals surface area contributed by atoms with Crippen molar-refractivity contribution in [2.45, 2.75) is 0 Å². The van der Waals surface area contributed by atoms with Crippen LogP contribution in [0.5, 0.6) is 0 Å². The van der Waals surface area contributed by atoms with Gasteiger partial charge in [0.1, 0.15) is 0 Å². The molecule has 0 saturated carbocycles.